The third-order valence-electron chi connectivity index (χ3n) is 5.32. The van der Waals surface area contributed by atoms with Crippen molar-refractivity contribution in [2.24, 2.45) is 0 Å². The zero-order valence-electron chi connectivity index (χ0n) is 17.8. The number of amides is 1. The first-order chi connectivity index (χ1) is 14.9. The molecule has 0 saturated carbocycles. The Morgan fingerprint density at radius 2 is 1.68 bits per heavy atom. The van der Waals surface area contributed by atoms with E-state index in [1.807, 2.05) is 68.4 Å². The average molecular weight is 412 g/mol. The normalized spacial score (nSPS) is 10.8. The van der Waals surface area contributed by atoms with Crippen molar-refractivity contribution in [2.45, 2.75) is 20.4 Å². The zero-order chi connectivity index (χ0) is 22.0. The molecule has 0 unspecified atom stereocenters. The van der Waals surface area contributed by atoms with E-state index in [-0.39, 0.29) is 18.0 Å². The number of hydrogen-bond acceptors (Lipinski definition) is 3. The fraction of sp³-hybridized carbons (Fsp3) is 0.154. The van der Waals surface area contributed by atoms with Gasteiger partial charge in [-0.1, -0.05) is 35.9 Å². The van der Waals surface area contributed by atoms with Gasteiger partial charge in [-0.25, -0.2) is 0 Å². The van der Waals surface area contributed by atoms with Gasteiger partial charge in [0.2, 0.25) is 0 Å². The van der Waals surface area contributed by atoms with Crippen molar-refractivity contribution in [3.8, 4) is 5.75 Å². The maximum Gasteiger partial charge on any atom is 0.258 e. The van der Waals surface area contributed by atoms with E-state index >= 15 is 0 Å². The van der Waals surface area contributed by atoms with Crippen LogP contribution in [0.3, 0.4) is 0 Å². The maximum atomic E-state index is 13.5. The highest BCUT2D eigenvalue weighted by atomic mass is 16.5. The molecular formula is C26H24N2O3. The molecule has 1 aromatic heterocycles. The first kappa shape index (κ1) is 20.4. The van der Waals surface area contributed by atoms with Gasteiger partial charge < -0.3 is 14.6 Å². The van der Waals surface area contributed by atoms with Crippen LogP contribution in [-0.4, -0.2) is 18.0 Å². The van der Waals surface area contributed by atoms with Crippen molar-refractivity contribution in [3.05, 3.63) is 105 Å². The van der Waals surface area contributed by atoms with Crippen molar-refractivity contribution in [3.63, 3.8) is 0 Å². The van der Waals surface area contributed by atoms with Crippen LogP contribution in [0.5, 0.6) is 5.75 Å². The van der Waals surface area contributed by atoms with Gasteiger partial charge in [-0.05, 0) is 61.2 Å². The second kappa shape index (κ2) is 8.48. The molecule has 0 fully saturated rings. The van der Waals surface area contributed by atoms with Gasteiger partial charge in [0.15, 0.2) is 0 Å². The summed E-state index contributed by atoms with van der Waals surface area (Å²) in [5.41, 5.74) is 4.46. The molecule has 156 valence electrons. The number of fused-ring (bicyclic) bond motifs is 1. The Hall–Kier alpha value is -3.86. The fourth-order valence-corrected chi connectivity index (χ4v) is 3.56. The van der Waals surface area contributed by atoms with Gasteiger partial charge in [-0.3, -0.25) is 9.59 Å². The lowest BCUT2D eigenvalue weighted by Gasteiger charge is -2.23. The van der Waals surface area contributed by atoms with Crippen LogP contribution in [-0.2, 0) is 6.54 Å². The van der Waals surface area contributed by atoms with Crippen LogP contribution in [0.1, 0.15) is 27.0 Å². The van der Waals surface area contributed by atoms with E-state index in [0.29, 0.717) is 22.6 Å². The maximum absolute atomic E-state index is 13.5. The van der Waals surface area contributed by atoms with E-state index in [2.05, 4.69) is 4.98 Å². The number of aryl methyl sites for hydroxylation is 2. The van der Waals surface area contributed by atoms with E-state index in [4.69, 9.17) is 4.74 Å². The largest absolute Gasteiger partial charge is 0.497 e. The van der Waals surface area contributed by atoms with Crippen LogP contribution >= 0.6 is 0 Å². The van der Waals surface area contributed by atoms with E-state index in [0.717, 1.165) is 22.0 Å². The highest BCUT2D eigenvalue weighted by Crippen LogP contribution is 2.25. The molecule has 1 heterocycles. The van der Waals surface area contributed by atoms with E-state index in [1.165, 1.54) is 0 Å². The molecule has 0 radical (unpaired) electrons. The minimum Gasteiger partial charge on any atom is -0.497 e. The summed E-state index contributed by atoms with van der Waals surface area (Å²) < 4.78 is 5.34. The number of H-pyrrole nitrogens is 1. The number of ether oxygens (including phenoxy) is 1. The minimum absolute atomic E-state index is 0.138. The molecule has 4 rings (SSSR count). The molecule has 3 aromatic carbocycles. The number of pyridine rings is 1. The van der Waals surface area contributed by atoms with Crippen LogP contribution in [0.2, 0.25) is 0 Å². The molecule has 0 atom stereocenters. The Morgan fingerprint density at radius 3 is 2.42 bits per heavy atom. The lowest BCUT2D eigenvalue weighted by atomic mass is 10.1. The number of aromatic amines is 1. The fourth-order valence-electron chi connectivity index (χ4n) is 3.56. The van der Waals surface area contributed by atoms with Gasteiger partial charge in [0.25, 0.3) is 11.5 Å². The molecular weight excluding hydrogens is 388 g/mol. The van der Waals surface area contributed by atoms with Gasteiger partial charge in [0, 0.05) is 28.4 Å². The predicted molar refractivity (Wildman–Crippen MR) is 124 cm³/mol. The minimum atomic E-state index is -0.206. The summed E-state index contributed by atoms with van der Waals surface area (Å²) in [6.45, 7) is 4.10. The van der Waals surface area contributed by atoms with Crippen LogP contribution in [0.4, 0.5) is 5.69 Å². The summed E-state index contributed by atoms with van der Waals surface area (Å²) in [7, 11) is 1.58. The molecule has 0 bridgehead atoms. The number of benzene rings is 3. The van der Waals surface area contributed by atoms with Crippen molar-refractivity contribution < 1.29 is 9.53 Å². The SMILES string of the molecule is COc1cccc(N(Cc2cc3ccc(C)cc3[nH]c2=O)C(=O)c2ccc(C)cc2)c1. The van der Waals surface area contributed by atoms with E-state index in [1.54, 1.807) is 30.2 Å². The highest BCUT2D eigenvalue weighted by Gasteiger charge is 2.20. The number of hydrogen-bond donors (Lipinski definition) is 1. The number of methoxy groups -OCH3 is 1. The summed E-state index contributed by atoms with van der Waals surface area (Å²) in [6.07, 6.45) is 0. The molecule has 1 N–H and O–H groups in total. The standard InChI is InChI=1S/C26H24N2O3/c1-17-7-10-19(11-8-17)26(30)28(22-5-4-6-23(15-22)31-3)16-21-14-20-12-9-18(2)13-24(20)27-25(21)29/h4-15H,16H2,1-3H3,(H,27,29). The number of nitrogens with one attached hydrogen (secondary N) is 1. The monoisotopic (exact) mass is 412 g/mol. The Bertz CT molecular complexity index is 1310. The summed E-state index contributed by atoms with van der Waals surface area (Å²) in [4.78, 5) is 30.8. The first-order valence-corrected chi connectivity index (χ1v) is 10.1. The van der Waals surface area contributed by atoms with Gasteiger partial charge in [-0.2, -0.15) is 0 Å². The second-order valence-corrected chi connectivity index (χ2v) is 7.67. The molecule has 0 aliphatic heterocycles. The summed E-state index contributed by atoms with van der Waals surface area (Å²) >= 11 is 0. The molecule has 5 heteroatoms. The van der Waals surface area contributed by atoms with E-state index in [9.17, 15) is 9.59 Å². The van der Waals surface area contributed by atoms with Crippen molar-refractivity contribution in [1.29, 1.82) is 0 Å². The number of aromatic nitrogens is 1. The summed E-state index contributed by atoms with van der Waals surface area (Å²) in [5.74, 6) is 0.457. The van der Waals surface area contributed by atoms with Gasteiger partial charge in [0.05, 0.1) is 13.7 Å². The highest BCUT2D eigenvalue weighted by molar-refractivity contribution is 6.06. The third kappa shape index (κ3) is 4.36. The van der Waals surface area contributed by atoms with Crippen molar-refractivity contribution >= 4 is 22.5 Å². The number of nitrogens with zero attached hydrogens (tertiary/aromatic N) is 1. The Kier molecular flexibility index (Phi) is 5.58. The topological polar surface area (TPSA) is 62.4 Å². The molecule has 0 spiro atoms. The molecule has 0 aliphatic carbocycles. The van der Waals surface area contributed by atoms with Gasteiger partial charge in [0.1, 0.15) is 5.75 Å². The molecule has 0 aliphatic rings. The Labute approximate surface area is 180 Å². The molecule has 31 heavy (non-hydrogen) atoms. The molecule has 0 saturated heterocycles. The van der Waals surface area contributed by atoms with Crippen molar-refractivity contribution in [2.75, 3.05) is 12.0 Å². The number of carbonyl (C=O) groups excluding carboxylic acids is 1. The molecule has 1 amide bonds. The smallest absolute Gasteiger partial charge is 0.258 e. The van der Waals surface area contributed by atoms with Gasteiger partial charge >= 0.3 is 0 Å². The van der Waals surface area contributed by atoms with Crippen LogP contribution in [0.25, 0.3) is 10.9 Å². The van der Waals surface area contributed by atoms with Crippen LogP contribution in [0, 0.1) is 13.8 Å². The Morgan fingerprint density at radius 1 is 0.935 bits per heavy atom. The number of anilines is 1. The van der Waals surface area contributed by atoms with Crippen LogP contribution in [0.15, 0.2) is 77.6 Å². The van der Waals surface area contributed by atoms with E-state index < -0.39 is 0 Å². The zero-order valence-corrected chi connectivity index (χ0v) is 17.8. The summed E-state index contributed by atoms with van der Waals surface area (Å²) in [6, 6.07) is 22.5. The molecule has 5 nitrogen and oxygen atoms in total. The number of rotatable bonds is 5. The average Bonchev–Trinajstić information content (AvgIpc) is 2.77. The molecule has 4 aromatic rings. The van der Waals surface area contributed by atoms with Gasteiger partial charge in [-0.15, -0.1) is 0 Å². The van der Waals surface area contributed by atoms with Crippen LogP contribution < -0.4 is 15.2 Å². The lowest BCUT2D eigenvalue weighted by molar-refractivity contribution is 0.0985. The second-order valence-electron chi connectivity index (χ2n) is 7.67. The summed E-state index contributed by atoms with van der Waals surface area (Å²) in [5, 5.41) is 0.925. The quantitative estimate of drug-likeness (QED) is 0.502. The number of carbonyl (C=O) groups is 1. The Balaban J connectivity index is 1.79. The third-order valence-corrected chi connectivity index (χ3v) is 5.32. The predicted octanol–water partition coefficient (Wildman–Crippen LogP) is 5.00. The first-order valence-electron chi connectivity index (χ1n) is 10.1. The lowest BCUT2D eigenvalue weighted by Crippen LogP contribution is -2.33. The van der Waals surface area contributed by atoms with Crippen molar-refractivity contribution in [1.82, 2.24) is 4.98 Å².